The zero-order chi connectivity index (χ0) is 13.9. The first-order chi connectivity index (χ1) is 9.07. The fraction of sp³-hybridized carbons (Fsp3) is 0.385. The minimum atomic E-state index is -3.56. The van der Waals surface area contributed by atoms with Crippen LogP contribution in [0.3, 0.4) is 0 Å². The highest BCUT2D eigenvalue weighted by Gasteiger charge is 2.29. The second-order valence-corrected chi connectivity index (χ2v) is 6.48. The number of aldehydes is 1. The van der Waals surface area contributed by atoms with Gasteiger partial charge in [0.05, 0.1) is 16.5 Å². The molecule has 0 N–H and O–H groups in total. The average Bonchev–Trinajstić information content (AvgIpc) is 2.47. The number of sulfonamides is 1. The van der Waals surface area contributed by atoms with Crippen molar-refractivity contribution in [3.63, 3.8) is 0 Å². The van der Waals surface area contributed by atoms with Crippen molar-refractivity contribution in [2.45, 2.75) is 17.7 Å². The van der Waals surface area contributed by atoms with E-state index in [1.165, 1.54) is 28.6 Å². The standard InChI is InChI=1S/C13H14N2O3S/c14-8-11-3-5-13(6-4-11)19(17,18)15-7-1-2-12(9-15)10-16/h3-6,10,12H,1-2,7,9H2. The number of nitriles is 1. The van der Waals surface area contributed by atoms with Crippen molar-refractivity contribution >= 4 is 16.3 Å². The van der Waals surface area contributed by atoms with Crippen molar-refractivity contribution in [3.8, 4) is 6.07 Å². The highest BCUT2D eigenvalue weighted by molar-refractivity contribution is 7.89. The molecule has 2 rings (SSSR count). The lowest BCUT2D eigenvalue weighted by Gasteiger charge is -2.29. The molecule has 1 aliphatic heterocycles. The Kier molecular flexibility index (Phi) is 3.98. The zero-order valence-electron chi connectivity index (χ0n) is 10.3. The fourth-order valence-electron chi connectivity index (χ4n) is 2.15. The van der Waals surface area contributed by atoms with Crippen LogP contribution in [0, 0.1) is 17.2 Å². The van der Waals surface area contributed by atoms with Crippen LogP contribution in [0.2, 0.25) is 0 Å². The maximum absolute atomic E-state index is 12.4. The van der Waals surface area contributed by atoms with Crippen LogP contribution in [-0.4, -0.2) is 32.1 Å². The molecular formula is C13H14N2O3S. The van der Waals surface area contributed by atoms with Gasteiger partial charge in [-0.3, -0.25) is 0 Å². The summed E-state index contributed by atoms with van der Waals surface area (Å²) in [6.45, 7) is 0.679. The van der Waals surface area contributed by atoms with E-state index in [2.05, 4.69) is 0 Å². The van der Waals surface area contributed by atoms with E-state index in [9.17, 15) is 13.2 Å². The van der Waals surface area contributed by atoms with Crippen LogP contribution in [0.5, 0.6) is 0 Å². The summed E-state index contributed by atoms with van der Waals surface area (Å²) in [6.07, 6.45) is 2.25. The quantitative estimate of drug-likeness (QED) is 0.777. The van der Waals surface area contributed by atoms with Crippen molar-refractivity contribution in [2.24, 2.45) is 5.92 Å². The Morgan fingerprint density at radius 2 is 2.00 bits per heavy atom. The minimum absolute atomic E-state index is 0.165. The van der Waals surface area contributed by atoms with E-state index in [0.29, 0.717) is 18.5 Å². The molecule has 0 bridgehead atoms. The number of carbonyl (C=O) groups is 1. The summed E-state index contributed by atoms with van der Waals surface area (Å²) in [5, 5.41) is 8.70. The average molecular weight is 278 g/mol. The Bertz CT molecular complexity index is 602. The Morgan fingerprint density at radius 1 is 1.32 bits per heavy atom. The number of piperidine rings is 1. The molecule has 1 saturated heterocycles. The zero-order valence-corrected chi connectivity index (χ0v) is 11.1. The van der Waals surface area contributed by atoms with Crippen molar-refractivity contribution in [3.05, 3.63) is 29.8 Å². The van der Waals surface area contributed by atoms with E-state index in [0.717, 1.165) is 12.7 Å². The van der Waals surface area contributed by atoms with Gasteiger partial charge in [0, 0.05) is 19.0 Å². The molecule has 6 heteroatoms. The summed E-state index contributed by atoms with van der Waals surface area (Å²) in [5.41, 5.74) is 0.420. The van der Waals surface area contributed by atoms with Crippen LogP contribution < -0.4 is 0 Å². The molecule has 1 fully saturated rings. The highest BCUT2D eigenvalue weighted by Crippen LogP contribution is 2.22. The first kappa shape index (κ1) is 13.7. The summed E-state index contributed by atoms with van der Waals surface area (Å²) >= 11 is 0. The number of nitrogens with zero attached hydrogens (tertiary/aromatic N) is 2. The van der Waals surface area contributed by atoms with Crippen molar-refractivity contribution in [2.75, 3.05) is 13.1 Å². The maximum atomic E-state index is 12.4. The molecule has 1 heterocycles. The Balaban J connectivity index is 2.26. The summed E-state index contributed by atoms with van der Waals surface area (Å²) in [5.74, 6) is -0.220. The third kappa shape index (κ3) is 2.83. The molecule has 0 aliphatic carbocycles. The van der Waals surface area contributed by atoms with Gasteiger partial charge in [0.1, 0.15) is 6.29 Å². The third-order valence-electron chi connectivity index (χ3n) is 3.23. The molecule has 0 saturated carbocycles. The lowest BCUT2D eigenvalue weighted by Crippen LogP contribution is -2.40. The summed E-state index contributed by atoms with van der Waals surface area (Å²) in [7, 11) is -3.56. The van der Waals surface area contributed by atoms with E-state index in [1.807, 2.05) is 6.07 Å². The third-order valence-corrected chi connectivity index (χ3v) is 5.11. The van der Waals surface area contributed by atoms with E-state index >= 15 is 0 Å². The Labute approximate surface area is 112 Å². The van der Waals surface area contributed by atoms with Crippen LogP contribution in [0.1, 0.15) is 18.4 Å². The first-order valence-corrected chi connectivity index (χ1v) is 7.47. The van der Waals surface area contributed by atoms with Gasteiger partial charge in [0.2, 0.25) is 10.0 Å². The molecule has 1 aromatic rings. The summed E-state index contributed by atoms with van der Waals surface area (Å²) in [4.78, 5) is 11.0. The van der Waals surface area contributed by atoms with Gasteiger partial charge in [0.15, 0.2) is 0 Å². The normalized spacial score (nSPS) is 20.7. The number of carbonyl (C=O) groups excluding carboxylic acids is 1. The number of hydrogen-bond donors (Lipinski definition) is 0. The van der Waals surface area contributed by atoms with Crippen LogP contribution in [-0.2, 0) is 14.8 Å². The lowest BCUT2D eigenvalue weighted by molar-refractivity contribution is -0.112. The molecule has 1 unspecified atom stereocenters. The fourth-order valence-corrected chi connectivity index (χ4v) is 3.69. The molecule has 1 aromatic carbocycles. The van der Waals surface area contributed by atoms with Crippen LogP contribution in [0.4, 0.5) is 0 Å². The van der Waals surface area contributed by atoms with Gasteiger partial charge in [-0.1, -0.05) is 0 Å². The van der Waals surface area contributed by atoms with Gasteiger partial charge < -0.3 is 4.79 Å². The maximum Gasteiger partial charge on any atom is 0.243 e. The molecule has 0 radical (unpaired) electrons. The molecule has 100 valence electrons. The Morgan fingerprint density at radius 3 is 2.58 bits per heavy atom. The molecule has 5 nitrogen and oxygen atoms in total. The SMILES string of the molecule is N#Cc1ccc(S(=O)(=O)N2CCCC(C=O)C2)cc1. The van der Waals surface area contributed by atoms with Crippen LogP contribution in [0.15, 0.2) is 29.2 Å². The number of hydrogen-bond acceptors (Lipinski definition) is 4. The predicted octanol–water partition coefficient (Wildman–Crippen LogP) is 1.16. The van der Waals surface area contributed by atoms with Gasteiger partial charge in [-0.05, 0) is 37.1 Å². The second-order valence-electron chi connectivity index (χ2n) is 4.54. The molecule has 1 atom stereocenters. The van der Waals surface area contributed by atoms with E-state index in [1.54, 1.807) is 0 Å². The van der Waals surface area contributed by atoms with E-state index in [-0.39, 0.29) is 17.4 Å². The first-order valence-electron chi connectivity index (χ1n) is 6.03. The van der Waals surface area contributed by atoms with Crippen molar-refractivity contribution in [1.82, 2.24) is 4.31 Å². The van der Waals surface area contributed by atoms with Gasteiger partial charge in [0.25, 0.3) is 0 Å². The van der Waals surface area contributed by atoms with Gasteiger partial charge in [-0.2, -0.15) is 9.57 Å². The topological polar surface area (TPSA) is 78.2 Å². The number of benzene rings is 1. The molecular weight excluding hydrogens is 264 g/mol. The highest BCUT2D eigenvalue weighted by atomic mass is 32.2. The smallest absolute Gasteiger partial charge is 0.243 e. The molecule has 0 aromatic heterocycles. The summed E-state index contributed by atoms with van der Waals surface area (Å²) in [6, 6.07) is 7.76. The van der Waals surface area contributed by atoms with Gasteiger partial charge in [-0.25, -0.2) is 8.42 Å². The van der Waals surface area contributed by atoms with Crippen LogP contribution >= 0.6 is 0 Å². The summed E-state index contributed by atoms with van der Waals surface area (Å²) < 4.78 is 26.1. The van der Waals surface area contributed by atoms with Gasteiger partial charge >= 0.3 is 0 Å². The van der Waals surface area contributed by atoms with Gasteiger partial charge in [-0.15, -0.1) is 0 Å². The van der Waals surface area contributed by atoms with Crippen LogP contribution in [0.25, 0.3) is 0 Å². The Hall–Kier alpha value is -1.71. The largest absolute Gasteiger partial charge is 0.303 e. The van der Waals surface area contributed by atoms with E-state index in [4.69, 9.17) is 5.26 Å². The molecule has 0 amide bonds. The molecule has 19 heavy (non-hydrogen) atoms. The van der Waals surface area contributed by atoms with E-state index < -0.39 is 10.0 Å². The van der Waals surface area contributed by atoms with Crippen molar-refractivity contribution < 1.29 is 13.2 Å². The molecule has 0 spiro atoms. The predicted molar refractivity (Wildman–Crippen MR) is 68.7 cm³/mol. The van der Waals surface area contributed by atoms with Crippen molar-refractivity contribution in [1.29, 1.82) is 5.26 Å². The monoisotopic (exact) mass is 278 g/mol. The molecule has 1 aliphatic rings. The minimum Gasteiger partial charge on any atom is -0.303 e. The second kappa shape index (κ2) is 5.51. The number of rotatable bonds is 3. The lowest BCUT2D eigenvalue weighted by atomic mass is 10.0.